The number of ether oxygens (including phenoxy) is 2. The standard InChI is InChI=1S/C26H31FN2O2S.C25H27Cl2FN2O2S/c1-17-4-6-18(7-5-17)15-29-12-2-3-20(16-29)31-25-14-24(27)23(13-22(25)19-8-9-19)26(30)28-32-21-10-11-21;26-17-6-5-16(22(27)10-17)13-30-9-1-2-18(14-30)32-24-12-23(28)21(11-20(24)15-3-4-15)25(31)29-33-19-7-8-19/h4-7,13-14,19-21H,2-3,8-12,15-16H2,1H3,(H,28,30);5-6,10-12,15,18-19H,1-4,7-9,13-14H2,(H,29,31)/t20-;18-/m11/s1. The molecule has 2 heterocycles. The van der Waals surface area contributed by atoms with E-state index >= 15 is 0 Å². The van der Waals surface area contributed by atoms with Gasteiger partial charge in [0.25, 0.3) is 11.8 Å². The Balaban J connectivity index is 0.000000164. The quantitative estimate of drug-likeness (QED) is 0.108. The van der Waals surface area contributed by atoms with Crippen LogP contribution in [0.3, 0.4) is 0 Å². The van der Waals surface area contributed by atoms with Gasteiger partial charge in [-0.25, -0.2) is 8.78 Å². The van der Waals surface area contributed by atoms with Crippen molar-refractivity contribution in [2.24, 2.45) is 0 Å². The van der Waals surface area contributed by atoms with Crippen molar-refractivity contribution < 1.29 is 27.8 Å². The summed E-state index contributed by atoms with van der Waals surface area (Å²) in [7, 11) is 0. The minimum absolute atomic E-state index is 0.0353. The summed E-state index contributed by atoms with van der Waals surface area (Å²) in [6, 6.07) is 20.6. The van der Waals surface area contributed by atoms with E-state index in [1.54, 1.807) is 18.2 Å². The molecule has 4 saturated carbocycles. The molecule has 4 aromatic carbocycles. The topological polar surface area (TPSA) is 83.1 Å². The van der Waals surface area contributed by atoms with Gasteiger partial charge in [0.1, 0.15) is 35.3 Å². The third-order valence-electron chi connectivity index (χ3n) is 12.9. The van der Waals surface area contributed by atoms with Gasteiger partial charge in [0.2, 0.25) is 0 Å². The lowest BCUT2D eigenvalue weighted by Gasteiger charge is -2.33. The van der Waals surface area contributed by atoms with Crippen molar-refractivity contribution in [3.63, 3.8) is 0 Å². The summed E-state index contributed by atoms with van der Waals surface area (Å²) in [5, 5.41) is 2.25. The van der Waals surface area contributed by atoms with Crippen molar-refractivity contribution in [1.29, 1.82) is 0 Å². The summed E-state index contributed by atoms with van der Waals surface area (Å²) >= 11 is 15.2. The maximum atomic E-state index is 14.9. The van der Waals surface area contributed by atoms with Gasteiger partial charge in [-0.2, -0.15) is 0 Å². The largest absolute Gasteiger partial charge is 0.489 e. The van der Waals surface area contributed by atoms with Crippen LogP contribution >= 0.6 is 47.1 Å². The molecule has 10 rings (SSSR count). The number of amides is 2. The number of nitrogens with zero attached hydrogens (tertiary/aromatic N) is 2. The van der Waals surface area contributed by atoms with Gasteiger partial charge < -0.3 is 9.47 Å². The van der Waals surface area contributed by atoms with Crippen LogP contribution in [-0.2, 0) is 13.1 Å². The van der Waals surface area contributed by atoms with E-state index in [1.807, 2.05) is 12.1 Å². The Kier molecular flexibility index (Phi) is 15.2. The van der Waals surface area contributed by atoms with Gasteiger partial charge >= 0.3 is 0 Å². The van der Waals surface area contributed by atoms with E-state index in [9.17, 15) is 18.4 Å². The van der Waals surface area contributed by atoms with E-state index in [1.165, 1.54) is 47.2 Å². The molecule has 0 spiro atoms. The molecule has 14 heteroatoms. The fourth-order valence-electron chi connectivity index (χ4n) is 8.59. The molecule has 2 aliphatic heterocycles. The van der Waals surface area contributed by atoms with Gasteiger partial charge in [-0.1, -0.05) is 59.1 Å². The van der Waals surface area contributed by atoms with Crippen LogP contribution in [0.4, 0.5) is 8.78 Å². The zero-order chi connectivity index (χ0) is 45.0. The number of nitrogens with one attached hydrogen (secondary N) is 2. The lowest BCUT2D eigenvalue weighted by Crippen LogP contribution is -2.40. The molecule has 2 saturated heterocycles. The second-order valence-electron chi connectivity index (χ2n) is 18.7. The van der Waals surface area contributed by atoms with Crippen molar-refractivity contribution in [2.45, 2.75) is 132 Å². The fourth-order valence-corrected chi connectivity index (χ4v) is 10.6. The van der Waals surface area contributed by atoms with E-state index < -0.39 is 11.6 Å². The first-order valence-corrected chi connectivity index (χ1v) is 25.9. The first-order valence-electron chi connectivity index (χ1n) is 23.4. The molecule has 65 heavy (non-hydrogen) atoms. The first kappa shape index (κ1) is 46.6. The molecule has 4 aromatic rings. The Labute approximate surface area is 400 Å². The normalized spacial score (nSPS) is 21.2. The van der Waals surface area contributed by atoms with Gasteiger partial charge in [0.05, 0.1) is 11.1 Å². The van der Waals surface area contributed by atoms with E-state index in [0.29, 0.717) is 43.9 Å². The summed E-state index contributed by atoms with van der Waals surface area (Å²) in [6.45, 7) is 7.31. The summed E-state index contributed by atoms with van der Waals surface area (Å²) in [5.74, 6) is 0.207. The molecule has 0 aromatic heterocycles. The third kappa shape index (κ3) is 13.1. The highest BCUT2D eigenvalue weighted by Gasteiger charge is 2.34. The zero-order valence-corrected chi connectivity index (χ0v) is 40.0. The highest BCUT2D eigenvalue weighted by Crippen LogP contribution is 2.47. The number of piperidine rings is 2. The Hall–Kier alpha value is -3.52. The maximum absolute atomic E-state index is 14.9. The minimum Gasteiger partial charge on any atom is -0.489 e. The van der Waals surface area contributed by atoms with Gasteiger partial charge in [0, 0.05) is 58.9 Å². The first-order chi connectivity index (χ1) is 31.5. The molecule has 2 atom stereocenters. The molecule has 2 N–H and O–H groups in total. The third-order valence-corrected chi connectivity index (χ3v) is 15.7. The van der Waals surface area contributed by atoms with Crippen LogP contribution in [0.2, 0.25) is 10.0 Å². The lowest BCUT2D eigenvalue weighted by molar-refractivity contribution is 0.0830. The molecule has 4 aliphatic carbocycles. The second-order valence-corrected chi connectivity index (χ2v) is 21.8. The van der Waals surface area contributed by atoms with Crippen molar-refractivity contribution in [2.75, 3.05) is 26.2 Å². The number of carbonyl (C=O) groups excluding carboxylic acids is 2. The Morgan fingerprint density at radius 2 is 1.14 bits per heavy atom. The molecule has 8 nitrogen and oxygen atoms in total. The van der Waals surface area contributed by atoms with Gasteiger partial charge in [-0.05, 0) is 179 Å². The van der Waals surface area contributed by atoms with E-state index in [-0.39, 0.29) is 35.1 Å². The van der Waals surface area contributed by atoms with Crippen molar-refractivity contribution in [1.82, 2.24) is 19.2 Å². The average Bonchev–Trinajstić information content (AvgIpc) is 4.08. The van der Waals surface area contributed by atoms with Gasteiger partial charge in [-0.15, -0.1) is 0 Å². The minimum atomic E-state index is -0.524. The van der Waals surface area contributed by atoms with Crippen LogP contribution in [-0.4, -0.2) is 70.5 Å². The van der Waals surface area contributed by atoms with E-state index in [4.69, 9.17) is 32.7 Å². The van der Waals surface area contributed by atoms with Crippen LogP contribution in [0, 0.1) is 18.6 Å². The number of aryl methyl sites for hydroxylation is 1. The number of hydrogen-bond donors (Lipinski definition) is 2. The lowest BCUT2D eigenvalue weighted by atomic mass is 10.0. The van der Waals surface area contributed by atoms with Crippen LogP contribution in [0.25, 0.3) is 0 Å². The number of hydrogen-bond acceptors (Lipinski definition) is 8. The zero-order valence-electron chi connectivity index (χ0n) is 36.9. The molecule has 2 amide bonds. The maximum Gasteiger partial charge on any atom is 0.264 e. The molecule has 6 fully saturated rings. The highest BCUT2D eigenvalue weighted by atomic mass is 35.5. The van der Waals surface area contributed by atoms with Crippen LogP contribution < -0.4 is 18.9 Å². The monoisotopic (exact) mass is 962 g/mol. The second kappa shape index (κ2) is 21.2. The SMILES string of the molecule is Cc1ccc(CN2CCC[C@@H](Oc3cc(F)c(C(=O)NSC4CC4)cc3C3CC3)C2)cc1.O=C(NSC1CC1)c1cc(C2CC2)c(O[C@@H]2CCCN(Cc3ccc(Cl)cc3Cl)C2)cc1F. The molecular formula is C51H58Cl2F2N4O4S2. The van der Waals surface area contributed by atoms with Crippen LogP contribution in [0.5, 0.6) is 11.5 Å². The fraction of sp³-hybridized carbons (Fsp3) is 0.490. The summed E-state index contributed by atoms with van der Waals surface area (Å²) < 4.78 is 48.2. The number of rotatable bonds is 16. The molecule has 0 unspecified atom stereocenters. The smallest absolute Gasteiger partial charge is 0.264 e. The van der Waals surface area contributed by atoms with E-state index in [0.717, 1.165) is 133 Å². The number of benzene rings is 4. The molecular weight excluding hydrogens is 906 g/mol. The number of likely N-dealkylation sites (tertiary alicyclic amines) is 2. The van der Waals surface area contributed by atoms with Crippen LogP contribution in [0.1, 0.15) is 137 Å². The summed E-state index contributed by atoms with van der Waals surface area (Å²) in [6.07, 6.45) is 12.6. The predicted octanol–water partition coefficient (Wildman–Crippen LogP) is 12.2. The molecule has 6 aliphatic rings. The summed E-state index contributed by atoms with van der Waals surface area (Å²) in [5.41, 5.74) is 5.80. The Bertz CT molecular complexity index is 2340. The number of carbonyl (C=O) groups is 2. The molecule has 346 valence electrons. The summed E-state index contributed by atoms with van der Waals surface area (Å²) in [4.78, 5) is 29.8. The molecule has 0 bridgehead atoms. The van der Waals surface area contributed by atoms with Crippen molar-refractivity contribution in [3.05, 3.63) is 127 Å². The van der Waals surface area contributed by atoms with Gasteiger partial charge in [0.15, 0.2) is 0 Å². The van der Waals surface area contributed by atoms with E-state index in [2.05, 4.69) is 50.4 Å². The van der Waals surface area contributed by atoms with Crippen molar-refractivity contribution in [3.8, 4) is 11.5 Å². The van der Waals surface area contributed by atoms with Crippen molar-refractivity contribution >= 4 is 58.9 Å². The molecule has 0 radical (unpaired) electrons. The Morgan fingerprint density at radius 1 is 0.646 bits per heavy atom. The van der Waals surface area contributed by atoms with Crippen LogP contribution in [0.15, 0.2) is 66.7 Å². The highest BCUT2D eigenvalue weighted by molar-refractivity contribution is 7.99. The van der Waals surface area contributed by atoms with Gasteiger partial charge in [-0.3, -0.25) is 28.8 Å². The Morgan fingerprint density at radius 3 is 1.60 bits per heavy atom. The predicted molar refractivity (Wildman–Crippen MR) is 258 cm³/mol. The average molecular weight is 964 g/mol. The number of halogens is 4.